The molecule has 10 heteroatoms. The second-order valence-electron chi connectivity index (χ2n) is 13.5. The molecular weight excluding hydrogens is 606 g/mol. The topological polar surface area (TPSA) is 106 Å². The first-order chi connectivity index (χ1) is 21.1. The van der Waals surface area contributed by atoms with Gasteiger partial charge in [0.05, 0.1) is 4.90 Å². The Labute approximate surface area is 271 Å². The molecule has 2 aromatic carbocycles. The van der Waals surface area contributed by atoms with Crippen molar-refractivity contribution in [2.24, 2.45) is 17.8 Å². The predicted octanol–water partition coefficient (Wildman–Crippen LogP) is 6.72. The molecule has 2 aromatic heterocycles. The second-order valence-corrected chi connectivity index (χ2v) is 15.2. The van der Waals surface area contributed by atoms with Crippen molar-refractivity contribution in [1.82, 2.24) is 24.6 Å². The van der Waals surface area contributed by atoms with Crippen LogP contribution in [-0.4, -0.2) is 35.5 Å². The summed E-state index contributed by atoms with van der Waals surface area (Å²) in [5.74, 6) is 3.43. The molecule has 2 N–H and O–H groups in total. The Morgan fingerprint density at radius 2 is 1.56 bits per heavy atom. The minimum absolute atomic E-state index is 0. The van der Waals surface area contributed by atoms with Crippen LogP contribution in [0, 0.1) is 31.6 Å². The fraction of sp³-hybridized carbons (Fsp3) is 0.457. The molecule has 4 aliphatic carbocycles. The van der Waals surface area contributed by atoms with Crippen molar-refractivity contribution in [3.05, 3.63) is 82.8 Å². The van der Waals surface area contributed by atoms with E-state index in [1.54, 1.807) is 12.1 Å². The molecule has 8 nitrogen and oxygen atoms in total. The zero-order valence-electron chi connectivity index (χ0n) is 26.2. The van der Waals surface area contributed by atoms with Crippen molar-refractivity contribution < 1.29 is 13.2 Å². The number of benzene rings is 2. The van der Waals surface area contributed by atoms with Crippen LogP contribution < -0.4 is 10.0 Å². The number of carbonyl (C=O) groups excluding carboxylic acids is 1. The van der Waals surface area contributed by atoms with Gasteiger partial charge in [0.15, 0.2) is 5.65 Å². The summed E-state index contributed by atoms with van der Waals surface area (Å²) in [6.45, 7) is 6.44. The Bertz CT molecular complexity index is 1800. The van der Waals surface area contributed by atoms with Gasteiger partial charge in [-0.05, 0) is 129 Å². The molecule has 2 amide bonds. The van der Waals surface area contributed by atoms with Gasteiger partial charge in [0.1, 0.15) is 11.3 Å². The molecule has 0 saturated heterocycles. The number of pyridine rings is 1. The zero-order valence-corrected chi connectivity index (χ0v) is 27.8. The lowest BCUT2D eigenvalue weighted by molar-refractivity contribution is -0.00521. The Hall–Kier alpha value is -3.43. The molecule has 4 saturated carbocycles. The van der Waals surface area contributed by atoms with Gasteiger partial charge >= 0.3 is 6.03 Å². The molecule has 0 radical (unpaired) electrons. The van der Waals surface area contributed by atoms with E-state index in [9.17, 15) is 13.2 Å². The summed E-state index contributed by atoms with van der Waals surface area (Å²) < 4.78 is 30.3. The van der Waals surface area contributed by atoms with Gasteiger partial charge in [-0.1, -0.05) is 31.2 Å². The molecule has 4 aromatic rings. The Balaban J connectivity index is 0.00000357. The van der Waals surface area contributed by atoms with Crippen LogP contribution in [-0.2, 0) is 28.3 Å². The summed E-state index contributed by atoms with van der Waals surface area (Å²) in [5, 5.41) is 2.70. The number of nitrogens with one attached hydrogen (secondary N) is 2. The van der Waals surface area contributed by atoms with E-state index >= 15 is 0 Å². The Kier molecular flexibility index (Phi) is 8.46. The number of nitrogens with zero attached hydrogens (tertiary/aromatic N) is 3. The highest BCUT2D eigenvalue weighted by Gasteiger charge is 2.51. The minimum atomic E-state index is -3.97. The lowest BCUT2D eigenvalue weighted by Crippen LogP contribution is -2.48. The van der Waals surface area contributed by atoms with E-state index in [4.69, 9.17) is 9.97 Å². The Morgan fingerprint density at radius 1 is 0.933 bits per heavy atom. The highest BCUT2D eigenvalue weighted by molar-refractivity contribution is 7.90. The molecular formula is C35H42ClN5O3S. The summed E-state index contributed by atoms with van der Waals surface area (Å²) in [5.41, 5.74) is 7.32. The SMILES string of the molecule is CCc1nc2c(C)cc(C)nc2n1-c1ccc(CCNC(=O)NS(=O)(=O)c2ccc(C34CC5CC(CC(C5)C3)C4)cc2)cc1.Cl. The number of aromatic nitrogens is 3. The summed E-state index contributed by atoms with van der Waals surface area (Å²) in [7, 11) is -3.97. The normalized spacial score (nSPS) is 23.6. The third-order valence-corrected chi connectivity index (χ3v) is 11.6. The van der Waals surface area contributed by atoms with E-state index in [1.807, 2.05) is 43.3 Å². The number of aryl methyl sites for hydroxylation is 3. The number of urea groups is 1. The molecule has 4 fully saturated rings. The maximum absolute atomic E-state index is 13.0. The average Bonchev–Trinajstić information content (AvgIpc) is 3.35. The first kappa shape index (κ1) is 31.5. The van der Waals surface area contributed by atoms with Crippen LogP contribution in [0.5, 0.6) is 0 Å². The maximum Gasteiger partial charge on any atom is 0.328 e. The molecule has 0 aliphatic heterocycles. The van der Waals surface area contributed by atoms with Gasteiger partial charge < -0.3 is 5.32 Å². The molecule has 0 atom stereocenters. The zero-order chi connectivity index (χ0) is 30.6. The molecule has 4 bridgehead atoms. The van der Waals surface area contributed by atoms with Gasteiger partial charge in [0.2, 0.25) is 0 Å². The Morgan fingerprint density at radius 3 is 2.16 bits per heavy atom. The van der Waals surface area contributed by atoms with E-state index in [0.29, 0.717) is 13.0 Å². The van der Waals surface area contributed by atoms with Crippen molar-refractivity contribution in [1.29, 1.82) is 0 Å². The molecule has 45 heavy (non-hydrogen) atoms. The number of sulfonamides is 1. The van der Waals surface area contributed by atoms with Crippen molar-refractivity contribution in [2.45, 2.75) is 82.4 Å². The number of rotatable bonds is 8. The molecule has 238 valence electrons. The van der Waals surface area contributed by atoms with Crippen LogP contribution in [0.25, 0.3) is 16.9 Å². The monoisotopic (exact) mass is 647 g/mol. The van der Waals surface area contributed by atoms with Gasteiger partial charge in [-0.15, -0.1) is 12.4 Å². The number of amides is 2. The van der Waals surface area contributed by atoms with Crippen LogP contribution in [0.2, 0.25) is 0 Å². The third kappa shape index (κ3) is 5.97. The maximum atomic E-state index is 13.0. The summed E-state index contributed by atoms with van der Waals surface area (Å²) in [6.07, 6.45) is 9.14. The first-order valence-corrected chi connectivity index (χ1v) is 17.5. The smallest absolute Gasteiger partial charge is 0.328 e. The van der Waals surface area contributed by atoms with E-state index < -0.39 is 16.1 Å². The fourth-order valence-corrected chi connectivity index (χ4v) is 9.64. The minimum Gasteiger partial charge on any atom is -0.337 e. The molecule has 4 aliphatic rings. The third-order valence-electron chi connectivity index (χ3n) is 10.3. The quantitative estimate of drug-likeness (QED) is 0.221. The van der Waals surface area contributed by atoms with E-state index in [-0.39, 0.29) is 22.7 Å². The van der Waals surface area contributed by atoms with Crippen LogP contribution in [0.1, 0.15) is 73.7 Å². The predicted molar refractivity (Wildman–Crippen MR) is 179 cm³/mol. The summed E-state index contributed by atoms with van der Waals surface area (Å²) in [6, 6.07) is 16.7. The lowest BCUT2D eigenvalue weighted by atomic mass is 9.48. The van der Waals surface area contributed by atoms with E-state index in [2.05, 4.69) is 34.5 Å². The number of hydrogen-bond acceptors (Lipinski definition) is 5. The summed E-state index contributed by atoms with van der Waals surface area (Å²) in [4.78, 5) is 22.3. The molecule has 8 rings (SSSR count). The summed E-state index contributed by atoms with van der Waals surface area (Å²) >= 11 is 0. The molecule has 2 heterocycles. The van der Waals surface area contributed by atoms with Crippen molar-refractivity contribution >= 4 is 39.6 Å². The number of halogens is 1. The van der Waals surface area contributed by atoms with Crippen molar-refractivity contribution in [2.75, 3.05) is 6.54 Å². The highest BCUT2D eigenvalue weighted by atomic mass is 35.5. The van der Waals surface area contributed by atoms with Crippen molar-refractivity contribution in [3.63, 3.8) is 0 Å². The van der Waals surface area contributed by atoms with Gasteiger partial charge in [-0.25, -0.2) is 27.9 Å². The van der Waals surface area contributed by atoms with Crippen LogP contribution in [0.4, 0.5) is 4.79 Å². The fourth-order valence-electron chi connectivity index (χ4n) is 8.72. The standard InChI is InChI=1S/C35H41N5O3S.ClH/c1-4-31-38-32-22(2)15-23(3)37-33(32)40(31)29-9-5-24(6-10-29)13-14-36-34(41)39-44(42,43)30-11-7-28(8-12-30)35-19-25-16-26(20-35)18-27(17-25)21-35;/h5-12,15,25-27H,4,13-14,16-21H2,1-3H3,(H2,36,39,41);1H. The van der Waals surface area contributed by atoms with Gasteiger partial charge in [0, 0.05) is 24.3 Å². The largest absolute Gasteiger partial charge is 0.337 e. The van der Waals surface area contributed by atoms with E-state index in [1.165, 1.54) is 44.1 Å². The highest BCUT2D eigenvalue weighted by Crippen LogP contribution is 2.60. The number of fused-ring (bicyclic) bond motifs is 1. The van der Waals surface area contributed by atoms with E-state index in [0.717, 1.165) is 63.7 Å². The lowest BCUT2D eigenvalue weighted by Gasteiger charge is -2.57. The molecule has 0 unspecified atom stereocenters. The van der Waals surface area contributed by atoms with Crippen LogP contribution >= 0.6 is 12.4 Å². The van der Waals surface area contributed by atoms with Gasteiger partial charge in [-0.2, -0.15) is 0 Å². The molecule has 0 spiro atoms. The van der Waals surface area contributed by atoms with Crippen LogP contribution in [0.15, 0.2) is 59.5 Å². The van der Waals surface area contributed by atoms with Crippen molar-refractivity contribution in [3.8, 4) is 5.69 Å². The number of hydrogen-bond donors (Lipinski definition) is 2. The average molecular weight is 648 g/mol. The second kappa shape index (κ2) is 12.1. The number of imidazole rings is 1. The van der Waals surface area contributed by atoms with Gasteiger partial charge in [-0.3, -0.25) is 4.57 Å². The first-order valence-electron chi connectivity index (χ1n) is 16.0. The van der Waals surface area contributed by atoms with Crippen LogP contribution in [0.3, 0.4) is 0 Å². The number of carbonyl (C=O) groups is 1. The van der Waals surface area contributed by atoms with Gasteiger partial charge in [0.25, 0.3) is 10.0 Å².